The lowest BCUT2D eigenvalue weighted by atomic mass is 9.91. The van der Waals surface area contributed by atoms with Crippen molar-refractivity contribution in [1.82, 2.24) is 10.2 Å². The Morgan fingerprint density at radius 1 is 1.16 bits per heavy atom. The lowest BCUT2D eigenvalue weighted by Gasteiger charge is -2.37. The Morgan fingerprint density at radius 3 is 2.20 bits per heavy atom. The summed E-state index contributed by atoms with van der Waals surface area (Å²) in [4.78, 5) is 1.92. The number of nitrogens with one attached hydrogen (secondary N) is 1. The van der Waals surface area contributed by atoms with Crippen molar-refractivity contribution in [1.29, 1.82) is 0 Å². The van der Waals surface area contributed by atoms with Crippen molar-refractivity contribution in [3.05, 3.63) is 34.1 Å². The van der Waals surface area contributed by atoms with E-state index in [1.54, 1.807) is 0 Å². The summed E-state index contributed by atoms with van der Waals surface area (Å²) >= 11 is 5.78. The number of benzene rings is 1. The number of nitrogens with zero attached hydrogens (tertiary/aromatic N) is 1. The lowest BCUT2D eigenvalue weighted by Crippen LogP contribution is -2.46. The third kappa shape index (κ3) is 6.14. The summed E-state index contributed by atoms with van der Waals surface area (Å²) in [6.07, 6.45) is -4.16. The summed E-state index contributed by atoms with van der Waals surface area (Å²) in [5.74, 6) is -0.819. The predicted molar refractivity (Wildman–Crippen MR) is 97.5 cm³/mol. The quantitative estimate of drug-likeness (QED) is 0.656. The Hall–Kier alpha value is -0.270. The van der Waals surface area contributed by atoms with Gasteiger partial charge in [0.15, 0.2) is 0 Å². The van der Waals surface area contributed by atoms with Gasteiger partial charge in [-0.05, 0) is 24.5 Å². The van der Waals surface area contributed by atoms with Crippen molar-refractivity contribution >= 4 is 36.4 Å². The third-order valence-electron chi connectivity index (χ3n) is 4.06. The fourth-order valence-electron chi connectivity index (χ4n) is 3.03. The molecule has 0 aliphatic carbocycles. The summed E-state index contributed by atoms with van der Waals surface area (Å²) < 4.78 is 54.7. The minimum absolute atomic E-state index is 0. The van der Waals surface area contributed by atoms with Gasteiger partial charge in [-0.25, -0.2) is 4.39 Å². The molecule has 1 saturated heterocycles. The van der Waals surface area contributed by atoms with Crippen LogP contribution in [0.2, 0.25) is 5.02 Å². The van der Waals surface area contributed by atoms with Crippen LogP contribution in [-0.2, 0) is 6.18 Å². The molecule has 1 heterocycles. The molecule has 2 rings (SSSR count). The topological polar surface area (TPSA) is 15.3 Å². The maximum Gasteiger partial charge on any atom is 0.416 e. The molecule has 0 unspecified atom stereocenters. The Bertz CT molecular complexity index is 547. The molecule has 1 aliphatic rings. The van der Waals surface area contributed by atoms with Crippen LogP contribution in [0.1, 0.15) is 37.4 Å². The molecule has 0 amide bonds. The molecule has 9 heteroatoms. The van der Waals surface area contributed by atoms with Gasteiger partial charge in [-0.15, -0.1) is 24.8 Å². The van der Waals surface area contributed by atoms with E-state index in [0.29, 0.717) is 32.6 Å². The van der Waals surface area contributed by atoms with Gasteiger partial charge in [0, 0.05) is 37.8 Å². The first kappa shape index (κ1) is 24.7. The van der Waals surface area contributed by atoms with Crippen LogP contribution < -0.4 is 5.32 Å². The Labute approximate surface area is 163 Å². The zero-order chi connectivity index (χ0) is 17.2. The highest BCUT2D eigenvalue weighted by Gasteiger charge is 2.39. The van der Waals surface area contributed by atoms with Crippen molar-refractivity contribution in [2.24, 2.45) is 5.92 Å². The van der Waals surface area contributed by atoms with Gasteiger partial charge < -0.3 is 5.32 Å². The van der Waals surface area contributed by atoms with Gasteiger partial charge in [-0.3, -0.25) is 4.90 Å². The fraction of sp³-hybridized carbons (Fsp3) is 0.625. The minimum atomic E-state index is -4.61. The van der Waals surface area contributed by atoms with E-state index in [2.05, 4.69) is 5.32 Å². The molecule has 1 aromatic carbocycles. The van der Waals surface area contributed by atoms with Gasteiger partial charge >= 0.3 is 6.18 Å². The molecular formula is C16H23Cl3F4N2. The van der Waals surface area contributed by atoms with Gasteiger partial charge in [0.1, 0.15) is 5.82 Å². The number of piperazine rings is 1. The van der Waals surface area contributed by atoms with Gasteiger partial charge in [-0.1, -0.05) is 25.4 Å². The minimum Gasteiger partial charge on any atom is -0.314 e. The van der Waals surface area contributed by atoms with Crippen LogP contribution in [0.5, 0.6) is 0 Å². The normalized spacial score (nSPS) is 17.0. The average Bonchev–Trinajstić information content (AvgIpc) is 2.47. The van der Waals surface area contributed by atoms with Gasteiger partial charge in [0.2, 0.25) is 0 Å². The first-order valence-electron chi connectivity index (χ1n) is 7.71. The summed E-state index contributed by atoms with van der Waals surface area (Å²) in [7, 11) is 0. The van der Waals surface area contributed by atoms with Crippen molar-refractivity contribution in [3.8, 4) is 0 Å². The molecule has 1 aromatic rings. The highest BCUT2D eigenvalue weighted by Crippen LogP contribution is 2.41. The second-order valence-corrected chi connectivity index (χ2v) is 6.66. The molecule has 2 nitrogen and oxygen atoms in total. The SMILES string of the molecule is CC(C)C[C@H](c1c(C(F)(F)F)ccc(Cl)c1F)N1CCNCC1.Cl.Cl. The van der Waals surface area contributed by atoms with Crippen LogP contribution in [0.3, 0.4) is 0 Å². The first-order chi connectivity index (χ1) is 10.7. The Kier molecular flexibility index (Phi) is 10.1. The standard InChI is InChI=1S/C16H21ClF4N2.2ClH/c1-10(2)9-13(23-7-5-22-6-8-23)14-11(16(19,20)21)3-4-12(17)15(14)18;;/h3-4,10,13,22H,5-9H2,1-2H3;2*1H/t13-;;/m1../s1. The molecule has 1 aliphatic heterocycles. The summed E-state index contributed by atoms with van der Waals surface area (Å²) in [6.45, 7) is 6.37. The van der Waals surface area contributed by atoms with Crippen molar-refractivity contribution in [3.63, 3.8) is 0 Å². The average molecular weight is 426 g/mol. The van der Waals surface area contributed by atoms with Crippen molar-refractivity contribution < 1.29 is 17.6 Å². The maximum absolute atomic E-state index is 14.6. The third-order valence-corrected chi connectivity index (χ3v) is 4.35. The molecule has 1 N–H and O–H groups in total. The zero-order valence-corrected chi connectivity index (χ0v) is 16.4. The molecular weight excluding hydrogens is 403 g/mol. The molecule has 0 radical (unpaired) electrons. The van der Waals surface area contributed by atoms with Crippen LogP contribution in [0.25, 0.3) is 0 Å². The smallest absolute Gasteiger partial charge is 0.314 e. The van der Waals surface area contributed by atoms with Crippen molar-refractivity contribution in [2.45, 2.75) is 32.5 Å². The predicted octanol–water partition coefficient (Wildman–Crippen LogP) is 5.33. The maximum atomic E-state index is 14.6. The molecule has 25 heavy (non-hydrogen) atoms. The fourth-order valence-corrected chi connectivity index (χ4v) is 3.19. The molecule has 1 atom stereocenters. The Balaban J connectivity index is 0.00000288. The van der Waals surface area contributed by atoms with E-state index in [4.69, 9.17) is 11.6 Å². The second kappa shape index (κ2) is 10.2. The summed E-state index contributed by atoms with van der Waals surface area (Å²) in [6, 6.07) is 1.23. The molecule has 1 fully saturated rings. The van der Waals surface area contributed by atoms with Crippen LogP contribution in [0.4, 0.5) is 17.6 Å². The molecule has 146 valence electrons. The number of hydrogen-bond donors (Lipinski definition) is 1. The van der Waals surface area contributed by atoms with E-state index >= 15 is 0 Å². The van der Waals surface area contributed by atoms with Gasteiger partial charge in [-0.2, -0.15) is 13.2 Å². The zero-order valence-electron chi connectivity index (χ0n) is 14.0. The van der Waals surface area contributed by atoms with Crippen LogP contribution >= 0.6 is 36.4 Å². The van der Waals surface area contributed by atoms with Gasteiger partial charge in [0.05, 0.1) is 10.6 Å². The number of alkyl halides is 3. The monoisotopic (exact) mass is 424 g/mol. The molecule has 0 aromatic heterocycles. The van der Waals surface area contributed by atoms with Gasteiger partial charge in [0.25, 0.3) is 0 Å². The van der Waals surface area contributed by atoms with E-state index in [0.717, 1.165) is 12.1 Å². The largest absolute Gasteiger partial charge is 0.416 e. The molecule has 0 saturated carbocycles. The van der Waals surface area contributed by atoms with Crippen molar-refractivity contribution in [2.75, 3.05) is 26.2 Å². The van der Waals surface area contributed by atoms with Crippen LogP contribution in [0.15, 0.2) is 12.1 Å². The lowest BCUT2D eigenvalue weighted by molar-refractivity contribution is -0.139. The highest BCUT2D eigenvalue weighted by molar-refractivity contribution is 6.30. The summed E-state index contributed by atoms with van der Waals surface area (Å²) in [5.41, 5.74) is -1.25. The van der Waals surface area contributed by atoms with Crippen LogP contribution in [0, 0.1) is 11.7 Å². The van der Waals surface area contributed by atoms with E-state index in [1.807, 2.05) is 18.7 Å². The van der Waals surface area contributed by atoms with Crippen LogP contribution in [-0.4, -0.2) is 31.1 Å². The van der Waals surface area contributed by atoms with E-state index < -0.39 is 23.6 Å². The molecule has 0 spiro atoms. The first-order valence-corrected chi connectivity index (χ1v) is 8.09. The summed E-state index contributed by atoms with van der Waals surface area (Å²) in [5, 5.41) is 2.89. The van der Waals surface area contributed by atoms with E-state index in [-0.39, 0.29) is 41.3 Å². The number of halogens is 7. The highest BCUT2D eigenvalue weighted by atomic mass is 35.5. The number of hydrogen-bond acceptors (Lipinski definition) is 2. The van der Waals surface area contributed by atoms with E-state index in [9.17, 15) is 17.6 Å². The van der Waals surface area contributed by atoms with E-state index in [1.165, 1.54) is 0 Å². The second-order valence-electron chi connectivity index (χ2n) is 6.25. The Morgan fingerprint density at radius 2 is 1.72 bits per heavy atom. The molecule has 0 bridgehead atoms. The number of rotatable bonds is 4.